The van der Waals surface area contributed by atoms with Gasteiger partial charge in [0, 0.05) is 30.5 Å². The number of aromatic nitrogens is 2. The number of nitrogens with two attached hydrogens (primary N) is 1. The van der Waals surface area contributed by atoms with Crippen LogP contribution in [0.3, 0.4) is 0 Å². The van der Waals surface area contributed by atoms with Gasteiger partial charge >= 0.3 is 0 Å². The fourth-order valence-corrected chi connectivity index (χ4v) is 2.77. The molecule has 0 radical (unpaired) electrons. The summed E-state index contributed by atoms with van der Waals surface area (Å²) >= 11 is 0. The van der Waals surface area contributed by atoms with E-state index >= 15 is 0 Å². The zero-order valence-corrected chi connectivity index (χ0v) is 12.9. The molecule has 1 fully saturated rings. The van der Waals surface area contributed by atoms with E-state index < -0.39 is 0 Å². The van der Waals surface area contributed by atoms with Crippen molar-refractivity contribution in [1.82, 2.24) is 15.3 Å². The quantitative estimate of drug-likeness (QED) is 0.859. The van der Waals surface area contributed by atoms with Gasteiger partial charge in [-0.25, -0.2) is 9.97 Å². The van der Waals surface area contributed by atoms with Gasteiger partial charge in [-0.2, -0.15) is 0 Å². The summed E-state index contributed by atoms with van der Waals surface area (Å²) in [6.07, 6.45) is 8.21. The highest BCUT2D eigenvalue weighted by Gasteiger charge is 2.38. The molecule has 0 amide bonds. The largest absolute Gasteiger partial charge is 0.368 e. The van der Waals surface area contributed by atoms with Crippen LogP contribution in [0.2, 0.25) is 0 Å². The molecule has 114 valence electrons. The van der Waals surface area contributed by atoms with Crippen molar-refractivity contribution in [2.45, 2.75) is 32.4 Å². The molecule has 0 bridgehead atoms. The first kappa shape index (κ1) is 14.7. The number of rotatable bonds is 6. The predicted octanol–water partition coefficient (Wildman–Crippen LogP) is 3.03. The molecular formula is C18H22N4. The molecule has 0 saturated heterocycles. The van der Waals surface area contributed by atoms with Gasteiger partial charge < -0.3 is 11.1 Å². The van der Waals surface area contributed by atoms with Gasteiger partial charge in [0.15, 0.2) is 0 Å². The molecule has 3 rings (SSSR count). The minimum atomic E-state index is 0.326. The zero-order valence-electron chi connectivity index (χ0n) is 12.9. The SMILES string of the molecule is CCC(=Cc1ccccc1)[C@@H]1C[C@H]1NCc1cnc(N)nc1. The second-order valence-electron chi connectivity index (χ2n) is 5.76. The summed E-state index contributed by atoms with van der Waals surface area (Å²) in [6.45, 7) is 3.03. The Morgan fingerprint density at radius 1 is 1.27 bits per heavy atom. The highest BCUT2D eigenvalue weighted by atomic mass is 15.0. The summed E-state index contributed by atoms with van der Waals surface area (Å²) in [5.41, 5.74) is 9.39. The van der Waals surface area contributed by atoms with Gasteiger partial charge in [-0.15, -0.1) is 0 Å². The third kappa shape index (κ3) is 3.71. The lowest BCUT2D eigenvalue weighted by Gasteiger charge is -2.07. The predicted molar refractivity (Wildman–Crippen MR) is 89.9 cm³/mol. The number of nitrogen functional groups attached to an aromatic ring is 1. The van der Waals surface area contributed by atoms with E-state index in [1.54, 1.807) is 12.4 Å². The molecule has 4 nitrogen and oxygen atoms in total. The third-order valence-corrected chi connectivity index (χ3v) is 4.12. The first-order valence-electron chi connectivity index (χ1n) is 7.81. The minimum absolute atomic E-state index is 0.326. The van der Waals surface area contributed by atoms with Gasteiger partial charge in [-0.05, 0) is 24.3 Å². The van der Waals surface area contributed by atoms with Crippen LogP contribution < -0.4 is 11.1 Å². The van der Waals surface area contributed by atoms with Crippen LogP contribution in [0.15, 0.2) is 48.3 Å². The fraction of sp³-hybridized carbons (Fsp3) is 0.333. The number of anilines is 1. The van der Waals surface area contributed by atoms with E-state index in [2.05, 4.69) is 58.6 Å². The highest BCUT2D eigenvalue weighted by molar-refractivity contribution is 5.54. The van der Waals surface area contributed by atoms with E-state index in [1.165, 1.54) is 17.6 Å². The van der Waals surface area contributed by atoms with Crippen LogP contribution in [0, 0.1) is 5.92 Å². The molecule has 0 unspecified atom stereocenters. The maximum atomic E-state index is 5.50. The second kappa shape index (κ2) is 6.71. The number of nitrogens with one attached hydrogen (secondary N) is 1. The van der Waals surface area contributed by atoms with Gasteiger partial charge in [-0.3, -0.25) is 0 Å². The van der Waals surface area contributed by atoms with E-state index in [9.17, 15) is 0 Å². The van der Waals surface area contributed by atoms with Gasteiger partial charge in [0.05, 0.1) is 0 Å². The zero-order chi connectivity index (χ0) is 15.4. The van der Waals surface area contributed by atoms with Crippen LogP contribution >= 0.6 is 0 Å². The van der Waals surface area contributed by atoms with Gasteiger partial charge in [0.25, 0.3) is 0 Å². The van der Waals surface area contributed by atoms with Gasteiger partial charge in [0.1, 0.15) is 0 Å². The molecule has 1 saturated carbocycles. The molecule has 22 heavy (non-hydrogen) atoms. The lowest BCUT2D eigenvalue weighted by Crippen LogP contribution is -2.18. The molecule has 1 aliphatic carbocycles. The average molecular weight is 294 g/mol. The molecule has 2 atom stereocenters. The maximum Gasteiger partial charge on any atom is 0.219 e. The summed E-state index contributed by atoms with van der Waals surface area (Å²) in [4.78, 5) is 8.04. The van der Waals surface area contributed by atoms with Crippen molar-refractivity contribution in [2.75, 3.05) is 5.73 Å². The molecule has 0 aliphatic heterocycles. The van der Waals surface area contributed by atoms with E-state index in [0.29, 0.717) is 17.9 Å². The fourth-order valence-electron chi connectivity index (χ4n) is 2.77. The molecule has 1 heterocycles. The second-order valence-corrected chi connectivity index (χ2v) is 5.76. The minimum Gasteiger partial charge on any atom is -0.368 e. The normalized spacial score (nSPS) is 20.9. The standard InChI is InChI=1S/C18H22N4/c1-2-15(8-13-6-4-3-5-7-13)16-9-17(16)20-10-14-11-21-18(19)22-12-14/h3-8,11-12,16-17,20H,2,9-10H2,1H3,(H2,19,21,22)/t16-,17+/m0/s1. The summed E-state index contributed by atoms with van der Waals surface area (Å²) < 4.78 is 0. The van der Waals surface area contributed by atoms with E-state index in [-0.39, 0.29) is 0 Å². The monoisotopic (exact) mass is 294 g/mol. The molecule has 0 spiro atoms. The van der Waals surface area contributed by atoms with Crippen LogP contribution in [-0.4, -0.2) is 16.0 Å². The van der Waals surface area contributed by atoms with Crippen LogP contribution in [0.5, 0.6) is 0 Å². The molecule has 1 aromatic heterocycles. The topological polar surface area (TPSA) is 63.8 Å². The Hall–Kier alpha value is -2.20. The molecule has 3 N–H and O–H groups in total. The first-order valence-corrected chi connectivity index (χ1v) is 7.81. The van der Waals surface area contributed by atoms with Crippen LogP contribution in [-0.2, 0) is 6.54 Å². The van der Waals surface area contributed by atoms with Crippen LogP contribution in [0.1, 0.15) is 30.9 Å². The highest BCUT2D eigenvalue weighted by Crippen LogP contribution is 2.39. The number of benzene rings is 1. The Morgan fingerprint density at radius 3 is 2.68 bits per heavy atom. The van der Waals surface area contributed by atoms with E-state index in [1.807, 2.05) is 0 Å². The lowest BCUT2D eigenvalue weighted by molar-refractivity contribution is 0.652. The third-order valence-electron chi connectivity index (χ3n) is 4.12. The number of hydrogen-bond donors (Lipinski definition) is 2. The smallest absolute Gasteiger partial charge is 0.219 e. The maximum absolute atomic E-state index is 5.50. The Kier molecular flexibility index (Phi) is 4.49. The van der Waals surface area contributed by atoms with Crippen molar-refractivity contribution in [3.8, 4) is 0 Å². The summed E-state index contributed by atoms with van der Waals surface area (Å²) in [5.74, 6) is 0.979. The van der Waals surface area contributed by atoms with E-state index in [4.69, 9.17) is 5.73 Å². The van der Waals surface area contributed by atoms with Crippen molar-refractivity contribution in [2.24, 2.45) is 5.92 Å². The Morgan fingerprint density at radius 2 is 2.00 bits per heavy atom. The van der Waals surface area contributed by atoms with Crippen molar-refractivity contribution in [3.63, 3.8) is 0 Å². The van der Waals surface area contributed by atoms with Crippen molar-refractivity contribution >= 4 is 12.0 Å². The molecular weight excluding hydrogens is 272 g/mol. The average Bonchev–Trinajstić information content (AvgIpc) is 3.32. The lowest BCUT2D eigenvalue weighted by atomic mass is 10.0. The number of hydrogen-bond acceptors (Lipinski definition) is 4. The molecule has 2 aromatic rings. The summed E-state index contributed by atoms with van der Waals surface area (Å²) in [5, 5.41) is 3.58. The Bertz CT molecular complexity index is 634. The molecule has 4 heteroatoms. The van der Waals surface area contributed by atoms with Crippen LogP contribution in [0.4, 0.5) is 5.95 Å². The summed E-state index contributed by atoms with van der Waals surface area (Å²) in [7, 11) is 0. The van der Waals surface area contributed by atoms with Crippen molar-refractivity contribution in [3.05, 3.63) is 59.4 Å². The summed E-state index contributed by atoms with van der Waals surface area (Å²) in [6, 6.07) is 11.1. The van der Waals surface area contributed by atoms with Gasteiger partial charge in [-0.1, -0.05) is 48.9 Å². The van der Waals surface area contributed by atoms with Crippen molar-refractivity contribution < 1.29 is 0 Å². The van der Waals surface area contributed by atoms with Crippen LogP contribution in [0.25, 0.3) is 6.08 Å². The first-order chi connectivity index (χ1) is 10.8. The Balaban J connectivity index is 1.56. The van der Waals surface area contributed by atoms with E-state index in [0.717, 1.165) is 18.5 Å². The Labute approximate surface area is 131 Å². The van der Waals surface area contributed by atoms with Gasteiger partial charge in [0.2, 0.25) is 5.95 Å². The molecule has 1 aromatic carbocycles. The van der Waals surface area contributed by atoms with Crippen molar-refractivity contribution in [1.29, 1.82) is 0 Å². The molecule has 1 aliphatic rings. The number of nitrogens with zero attached hydrogens (tertiary/aromatic N) is 2.